The van der Waals surface area contributed by atoms with Crippen LogP contribution >= 0.6 is 11.3 Å². The average Bonchev–Trinajstić information content (AvgIpc) is 2.78. The molecule has 0 atom stereocenters. The molecule has 0 spiro atoms. The molecule has 0 saturated heterocycles. The molecule has 0 amide bonds. The molecule has 3 N–H and O–H groups in total. The Hall–Kier alpha value is -2.14. The number of anilines is 2. The molecule has 20 heavy (non-hydrogen) atoms. The van der Waals surface area contributed by atoms with Crippen molar-refractivity contribution < 1.29 is 0 Å². The minimum absolute atomic E-state index is 0.311. The number of aromatic nitrogens is 2. The van der Waals surface area contributed by atoms with Crippen LogP contribution in [0, 0.1) is 13.8 Å². The molecule has 0 saturated carbocycles. The van der Waals surface area contributed by atoms with Gasteiger partial charge in [0, 0.05) is 11.4 Å². The van der Waals surface area contributed by atoms with E-state index >= 15 is 0 Å². The normalized spacial score (nSPS) is 10.9. The van der Waals surface area contributed by atoms with E-state index in [0.717, 1.165) is 22.6 Å². The first-order valence-corrected chi connectivity index (χ1v) is 7.26. The van der Waals surface area contributed by atoms with Crippen molar-refractivity contribution in [2.24, 2.45) is 0 Å². The number of rotatable bonds is 3. The van der Waals surface area contributed by atoms with Gasteiger partial charge in [0.05, 0.1) is 5.39 Å². The third kappa shape index (κ3) is 2.58. The van der Waals surface area contributed by atoms with Crippen LogP contribution in [0.15, 0.2) is 30.3 Å². The Morgan fingerprint density at radius 3 is 2.65 bits per heavy atom. The number of nitrogen functional groups attached to an aromatic ring is 1. The summed E-state index contributed by atoms with van der Waals surface area (Å²) in [5, 5.41) is 4.39. The second kappa shape index (κ2) is 5.09. The highest BCUT2D eigenvalue weighted by Crippen LogP contribution is 2.29. The number of hydrogen-bond donors (Lipinski definition) is 2. The molecule has 5 heteroatoms. The quantitative estimate of drug-likeness (QED) is 0.772. The van der Waals surface area contributed by atoms with Gasteiger partial charge < -0.3 is 11.1 Å². The van der Waals surface area contributed by atoms with Gasteiger partial charge >= 0.3 is 0 Å². The zero-order valence-corrected chi connectivity index (χ0v) is 12.3. The molecule has 3 aromatic rings. The Morgan fingerprint density at radius 1 is 1.15 bits per heavy atom. The van der Waals surface area contributed by atoms with Gasteiger partial charge in [-0.05, 0) is 25.5 Å². The largest absolute Gasteiger partial charge is 0.368 e. The monoisotopic (exact) mass is 284 g/mol. The van der Waals surface area contributed by atoms with Gasteiger partial charge in [-0.3, -0.25) is 0 Å². The number of benzene rings is 1. The summed E-state index contributed by atoms with van der Waals surface area (Å²) in [5.41, 5.74) is 8.24. The first kappa shape index (κ1) is 12.9. The van der Waals surface area contributed by atoms with Crippen LogP contribution in [-0.4, -0.2) is 9.97 Å². The minimum Gasteiger partial charge on any atom is -0.368 e. The molecule has 2 aromatic heterocycles. The molecular weight excluding hydrogens is 268 g/mol. The first-order chi connectivity index (χ1) is 9.61. The number of fused-ring (bicyclic) bond motifs is 1. The predicted octanol–water partition coefficient (Wildman–Crippen LogP) is 3.50. The molecule has 2 heterocycles. The number of nitrogens with one attached hydrogen (secondary N) is 1. The van der Waals surface area contributed by atoms with E-state index < -0.39 is 0 Å². The molecular formula is C15H16N4S. The number of nitrogens with two attached hydrogens (primary N) is 1. The molecule has 0 unspecified atom stereocenters. The molecule has 0 fully saturated rings. The van der Waals surface area contributed by atoms with Gasteiger partial charge in [-0.15, -0.1) is 11.3 Å². The zero-order valence-electron chi connectivity index (χ0n) is 11.5. The van der Waals surface area contributed by atoms with Gasteiger partial charge in [0.1, 0.15) is 10.6 Å². The topological polar surface area (TPSA) is 63.8 Å². The summed E-state index contributed by atoms with van der Waals surface area (Å²) >= 11 is 1.63. The maximum absolute atomic E-state index is 5.77. The molecule has 0 radical (unpaired) electrons. The minimum atomic E-state index is 0.311. The number of thiophene rings is 1. The van der Waals surface area contributed by atoms with E-state index in [-0.39, 0.29) is 0 Å². The summed E-state index contributed by atoms with van der Waals surface area (Å²) in [5.74, 6) is 1.11. The Balaban J connectivity index is 1.88. The van der Waals surface area contributed by atoms with Gasteiger partial charge in [-0.1, -0.05) is 29.8 Å². The van der Waals surface area contributed by atoms with Crippen LogP contribution in [-0.2, 0) is 6.54 Å². The summed E-state index contributed by atoms with van der Waals surface area (Å²) in [6, 6.07) is 10.5. The van der Waals surface area contributed by atoms with Crippen LogP contribution in [0.1, 0.15) is 16.0 Å². The number of nitrogens with zero attached hydrogens (tertiary/aromatic N) is 2. The van der Waals surface area contributed by atoms with Gasteiger partial charge in [0.2, 0.25) is 5.95 Å². The average molecular weight is 284 g/mol. The van der Waals surface area contributed by atoms with Crippen molar-refractivity contribution in [1.29, 1.82) is 0 Å². The van der Waals surface area contributed by atoms with Crippen molar-refractivity contribution in [3.63, 3.8) is 0 Å². The second-order valence-electron chi connectivity index (χ2n) is 4.85. The highest BCUT2D eigenvalue weighted by Gasteiger charge is 2.08. The fourth-order valence-electron chi connectivity index (χ4n) is 2.08. The Bertz CT molecular complexity index is 746. The van der Waals surface area contributed by atoms with Crippen molar-refractivity contribution in [3.05, 3.63) is 46.3 Å². The van der Waals surface area contributed by atoms with Gasteiger partial charge in [0.15, 0.2) is 0 Å². The lowest BCUT2D eigenvalue weighted by atomic mass is 10.1. The van der Waals surface area contributed by atoms with E-state index in [4.69, 9.17) is 5.73 Å². The van der Waals surface area contributed by atoms with Crippen molar-refractivity contribution in [2.45, 2.75) is 20.4 Å². The lowest BCUT2D eigenvalue weighted by Crippen LogP contribution is -2.04. The molecule has 1 aromatic carbocycles. The lowest BCUT2D eigenvalue weighted by molar-refractivity contribution is 1.11. The smallest absolute Gasteiger partial charge is 0.223 e. The highest BCUT2D eigenvalue weighted by molar-refractivity contribution is 7.18. The number of hydrogen-bond acceptors (Lipinski definition) is 5. The SMILES string of the molecule is Cc1ccc(CNc2nc(N)nc3sc(C)cc23)cc1. The molecule has 0 bridgehead atoms. The fourth-order valence-corrected chi connectivity index (χ4v) is 2.97. The van der Waals surface area contributed by atoms with Crippen LogP contribution in [0.25, 0.3) is 10.2 Å². The van der Waals surface area contributed by atoms with E-state index in [1.165, 1.54) is 16.0 Å². The van der Waals surface area contributed by atoms with Crippen molar-refractivity contribution in [3.8, 4) is 0 Å². The fraction of sp³-hybridized carbons (Fsp3) is 0.200. The first-order valence-electron chi connectivity index (χ1n) is 6.45. The lowest BCUT2D eigenvalue weighted by Gasteiger charge is -2.07. The van der Waals surface area contributed by atoms with Crippen molar-refractivity contribution in [1.82, 2.24) is 9.97 Å². The maximum atomic E-state index is 5.77. The third-order valence-corrected chi connectivity index (χ3v) is 4.06. The Labute approximate surface area is 121 Å². The van der Waals surface area contributed by atoms with Crippen LogP contribution in [0.4, 0.5) is 11.8 Å². The molecule has 3 rings (SSSR count). The van der Waals surface area contributed by atoms with E-state index in [1.54, 1.807) is 11.3 Å². The van der Waals surface area contributed by atoms with Crippen molar-refractivity contribution in [2.75, 3.05) is 11.1 Å². The standard InChI is InChI=1S/C15H16N4S/c1-9-3-5-11(6-4-9)8-17-13-12-7-10(2)20-14(12)19-15(16)18-13/h3-7H,8H2,1-2H3,(H3,16,17,18,19). The summed E-state index contributed by atoms with van der Waals surface area (Å²) < 4.78 is 0. The Kier molecular flexibility index (Phi) is 3.28. The molecule has 0 aliphatic heterocycles. The molecule has 0 aliphatic carbocycles. The van der Waals surface area contributed by atoms with E-state index in [2.05, 4.69) is 59.5 Å². The van der Waals surface area contributed by atoms with Crippen molar-refractivity contribution >= 4 is 33.3 Å². The Morgan fingerprint density at radius 2 is 1.90 bits per heavy atom. The summed E-state index contributed by atoms with van der Waals surface area (Å²) in [4.78, 5) is 10.7. The highest BCUT2D eigenvalue weighted by atomic mass is 32.1. The molecule has 0 aliphatic rings. The summed E-state index contributed by atoms with van der Waals surface area (Å²) in [6.07, 6.45) is 0. The maximum Gasteiger partial charge on any atom is 0.223 e. The van der Waals surface area contributed by atoms with Gasteiger partial charge in [-0.2, -0.15) is 4.98 Å². The van der Waals surface area contributed by atoms with Crippen LogP contribution in [0.5, 0.6) is 0 Å². The van der Waals surface area contributed by atoms with E-state index in [0.29, 0.717) is 5.95 Å². The molecule has 4 nitrogen and oxygen atoms in total. The van der Waals surface area contributed by atoms with E-state index in [1.807, 2.05) is 0 Å². The van der Waals surface area contributed by atoms with E-state index in [9.17, 15) is 0 Å². The second-order valence-corrected chi connectivity index (χ2v) is 6.08. The zero-order chi connectivity index (χ0) is 14.1. The summed E-state index contributed by atoms with van der Waals surface area (Å²) in [6.45, 7) is 4.87. The predicted molar refractivity (Wildman–Crippen MR) is 85.1 cm³/mol. The van der Waals surface area contributed by atoms with Gasteiger partial charge in [-0.25, -0.2) is 4.98 Å². The van der Waals surface area contributed by atoms with Gasteiger partial charge in [0.25, 0.3) is 0 Å². The summed E-state index contributed by atoms with van der Waals surface area (Å²) in [7, 11) is 0. The van der Waals surface area contributed by atoms with Crippen LogP contribution in [0.3, 0.4) is 0 Å². The van der Waals surface area contributed by atoms with Crippen LogP contribution < -0.4 is 11.1 Å². The molecule has 102 valence electrons. The third-order valence-electron chi connectivity index (χ3n) is 3.11. The van der Waals surface area contributed by atoms with Crippen LogP contribution in [0.2, 0.25) is 0 Å². The number of aryl methyl sites for hydroxylation is 2.